The maximum Gasteiger partial charge on any atom is 0.243 e. The van der Waals surface area contributed by atoms with Crippen LogP contribution >= 0.6 is 0 Å². The highest BCUT2D eigenvalue weighted by Crippen LogP contribution is 2.25. The molecule has 0 spiro atoms. The number of hydrogen-bond acceptors (Lipinski definition) is 3. The molecule has 5 heteroatoms. The van der Waals surface area contributed by atoms with Crippen LogP contribution in [0.5, 0.6) is 0 Å². The molecule has 4 nitrogen and oxygen atoms in total. The molecule has 92 valence electrons. The monoisotopic (exact) mass is 253 g/mol. The molecule has 0 saturated carbocycles. The maximum absolute atomic E-state index is 12.3. The van der Waals surface area contributed by atoms with Crippen LogP contribution in [0.3, 0.4) is 0 Å². The topological polar surface area (TPSA) is 54.5 Å². The summed E-state index contributed by atoms with van der Waals surface area (Å²) in [5, 5.41) is 0. The molecule has 1 aromatic carbocycles. The molecule has 1 saturated heterocycles. The Balaban J connectivity index is 2.36. The third kappa shape index (κ3) is 2.25. The number of carbonyl (C=O) groups is 1. The van der Waals surface area contributed by atoms with Crippen molar-refractivity contribution >= 4 is 16.3 Å². The van der Waals surface area contributed by atoms with Gasteiger partial charge in [0, 0.05) is 6.54 Å². The molecule has 0 aliphatic carbocycles. The second-order valence-electron chi connectivity index (χ2n) is 4.27. The van der Waals surface area contributed by atoms with Gasteiger partial charge in [-0.15, -0.1) is 0 Å². The number of nitrogens with zero attached hydrogens (tertiary/aromatic N) is 1. The summed E-state index contributed by atoms with van der Waals surface area (Å²) in [6.45, 7) is 2.33. The predicted molar refractivity (Wildman–Crippen MR) is 64.2 cm³/mol. The fourth-order valence-electron chi connectivity index (χ4n) is 2.05. The zero-order chi connectivity index (χ0) is 12.5. The average Bonchev–Trinajstić information content (AvgIpc) is 2.78. The first-order valence-electron chi connectivity index (χ1n) is 5.59. The second-order valence-corrected chi connectivity index (χ2v) is 6.17. The van der Waals surface area contributed by atoms with E-state index in [0.29, 0.717) is 13.0 Å². The Bertz CT molecular complexity index is 507. The molecule has 1 aliphatic heterocycles. The van der Waals surface area contributed by atoms with Crippen LogP contribution in [0.1, 0.15) is 18.4 Å². The van der Waals surface area contributed by atoms with Gasteiger partial charge in [-0.25, -0.2) is 8.42 Å². The first-order valence-corrected chi connectivity index (χ1v) is 7.03. The van der Waals surface area contributed by atoms with E-state index in [2.05, 4.69) is 0 Å². The first-order chi connectivity index (χ1) is 8.05. The van der Waals surface area contributed by atoms with Crippen LogP contribution in [0, 0.1) is 6.92 Å². The number of aryl methyl sites for hydroxylation is 1. The molecular formula is C12H15NO3S. The molecular weight excluding hydrogens is 238 g/mol. The largest absolute Gasteiger partial charge is 0.302 e. The van der Waals surface area contributed by atoms with Gasteiger partial charge >= 0.3 is 0 Å². The van der Waals surface area contributed by atoms with Crippen molar-refractivity contribution in [1.82, 2.24) is 4.31 Å². The molecule has 1 fully saturated rings. The van der Waals surface area contributed by atoms with E-state index < -0.39 is 16.1 Å². The predicted octanol–water partition coefficient (Wildman–Crippen LogP) is 1.35. The normalized spacial score (nSPS) is 21.6. The van der Waals surface area contributed by atoms with Gasteiger partial charge in [-0.2, -0.15) is 4.31 Å². The number of hydrogen-bond donors (Lipinski definition) is 0. The smallest absolute Gasteiger partial charge is 0.243 e. The van der Waals surface area contributed by atoms with Crippen molar-refractivity contribution in [2.45, 2.75) is 30.7 Å². The Morgan fingerprint density at radius 2 is 1.94 bits per heavy atom. The third-order valence-corrected chi connectivity index (χ3v) is 4.97. The van der Waals surface area contributed by atoms with Crippen LogP contribution in [-0.2, 0) is 14.8 Å². The van der Waals surface area contributed by atoms with E-state index in [1.165, 1.54) is 4.31 Å². The lowest BCUT2D eigenvalue weighted by Crippen LogP contribution is -2.36. The molecule has 0 unspecified atom stereocenters. The van der Waals surface area contributed by atoms with E-state index in [4.69, 9.17) is 0 Å². The summed E-state index contributed by atoms with van der Waals surface area (Å²) in [7, 11) is -3.51. The quantitative estimate of drug-likeness (QED) is 0.764. The molecule has 0 N–H and O–H groups in total. The Morgan fingerprint density at radius 3 is 2.53 bits per heavy atom. The molecule has 1 atom stereocenters. The van der Waals surface area contributed by atoms with Gasteiger partial charge in [0.25, 0.3) is 0 Å². The Kier molecular flexibility index (Phi) is 3.31. The van der Waals surface area contributed by atoms with Gasteiger partial charge in [0.05, 0.1) is 10.9 Å². The van der Waals surface area contributed by atoms with Crippen molar-refractivity contribution in [2.75, 3.05) is 6.54 Å². The molecule has 0 amide bonds. The standard InChI is InChI=1S/C12H15NO3S/c1-10-4-6-12(7-5-10)17(15,16)13-8-2-3-11(13)9-14/h4-7,9,11H,2-3,8H2,1H3/t11-/m0/s1. The van der Waals surface area contributed by atoms with Crippen molar-refractivity contribution in [2.24, 2.45) is 0 Å². The Hall–Kier alpha value is -1.20. The average molecular weight is 253 g/mol. The minimum Gasteiger partial charge on any atom is -0.302 e. The highest BCUT2D eigenvalue weighted by molar-refractivity contribution is 7.89. The zero-order valence-electron chi connectivity index (χ0n) is 9.67. The zero-order valence-corrected chi connectivity index (χ0v) is 10.5. The molecule has 1 aliphatic rings. The molecule has 2 rings (SSSR count). The fraction of sp³-hybridized carbons (Fsp3) is 0.417. The lowest BCUT2D eigenvalue weighted by Gasteiger charge is -2.19. The second kappa shape index (κ2) is 4.58. The number of carbonyl (C=O) groups excluding carboxylic acids is 1. The summed E-state index contributed by atoms with van der Waals surface area (Å²) in [5.41, 5.74) is 1.01. The van der Waals surface area contributed by atoms with E-state index in [0.717, 1.165) is 18.3 Å². The van der Waals surface area contributed by atoms with E-state index in [1.807, 2.05) is 6.92 Å². The van der Waals surface area contributed by atoms with Crippen LogP contribution < -0.4 is 0 Å². The third-order valence-electron chi connectivity index (χ3n) is 3.03. The minimum atomic E-state index is -3.51. The van der Waals surface area contributed by atoms with Gasteiger partial charge in [0.15, 0.2) is 0 Å². The lowest BCUT2D eigenvalue weighted by molar-refractivity contribution is -0.110. The van der Waals surface area contributed by atoms with Crippen LogP contribution in [0.25, 0.3) is 0 Å². The van der Waals surface area contributed by atoms with Crippen molar-refractivity contribution in [1.29, 1.82) is 0 Å². The van der Waals surface area contributed by atoms with Crippen LogP contribution in [0.2, 0.25) is 0 Å². The van der Waals surface area contributed by atoms with Gasteiger partial charge in [-0.05, 0) is 31.9 Å². The summed E-state index contributed by atoms with van der Waals surface area (Å²) in [6.07, 6.45) is 2.09. The summed E-state index contributed by atoms with van der Waals surface area (Å²) in [5.74, 6) is 0. The van der Waals surface area contributed by atoms with Crippen molar-refractivity contribution in [3.8, 4) is 0 Å². The molecule has 0 bridgehead atoms. The van der Waals surface area contributed by atoms with E-state index in [9.17, 15) is 13.2 Å². The van der Waals surface area contributed by atoms with Gasteiger partial charge in [0.2, 0.25) is 10.0 Å². The van der Waals surface area contributed by atoms with Crippen molar-refractivity contribution in [3.63, 3.8) is 0 Å². The molecule has 1 heterocycles. The van der Waals surface area contributed by atoms with Crippen LogP contribution in [0.4, 0.5) is 0 Å². The SMILES string of the molecule is Cc1ccc(S(=O)(=O)N2CCC[C@H]2C=O)cc1. The summed E-state index contributed by atoms with van der Waals surface area (Å²) in [6, 6.07) is 6.20. The van der Waals surface area contributed by atoms with E-state index in [1.54, 1.807) is 24.3 Å². The summed E-state index contributed by atoms with van der Waals surface area (Å²) >= 11 is 0. The van der Waals surface area contributed by atoms with E-state index >= 15 is 0 Å². The summed E-state index contributed by atoms with van der Waals surface area (Å²) in [4.78, 5) is 11.1. The van der Waals surface area contributed by atoms with Crippen molar-refractivity contribution < 1.29 is 13.2 Å². The molecule has 17 heavy (non-hydrogen) atoms. The van der Waals surface area contributed by atoms with Gasteiger partial charge in [-0.1, -0.05) is 17.7 Å². The number of sulfonamides is 1. The highest BCUT2D eigenvalue weighted by atomic mass is 32.2. The van der Waals surface area contributed by atoms with Gasteiger partial charge < -0.3 is 4.79 Å². The first kappa shape index (κ1) is 12.3. The fourth-order valence-corrected chi connectivity index (χ4v) is 3.68. The van der Waals surface area contributed by atoms with Gasteiger partial charge in [-0.3, -0.25) is 0 Å². The minimum absolute atomic E-state index is 0.261. The molecule has 0 radical (unpaired) electrons. The number of rotatable bonds is 3. The number of benzene rings is 1. The van der Waals surface area contributed by atoms with Crippen LogP contribution in [-0.4, -0.2) is 31.6 Å². The Labute approximate surface area is 101 Å². The number of aldehydes is 1. The molecule has 0 aromatic heterocycles. The van der Waals surface area contributed by atoms with Gasteiger partial charge in [0.1, 0.15) is 6.29 Å². The van der Waals surface area contributed by atoms with Crippen LogP contribution in [0.15, 0.2) is 29.2 Å². The highest BCUT2D eigenvalue weighted by Gasteiger charge is 2.34. The van der Waals surface area contributed by atoms with E-state index in [-0.39, 0.29) is 4.90 Å². The molecule has 1 aromatic rings. The summed E-state index contributed by atoms with van der Waals surface area (Å²) < 4.78 is 25.9. The van der Waals surface area contributed by atoms with Crippen molar-refractivity contribution in [3.05, 3.63) is 29.8 Å². The Morgan fingerprint density at radius 1 is 1.29 bits per heavy atom. The lowest BCUT2D eigenvalue weighted by atomic mass is 10.2. The maximum atomic E-state index is 12.3.